The predicted octanol–water partition coefficient (Wildman–Crippen LogP) is 4.11. The molecule has 0 bridgehead atoms. The molecule has 0 saturated carbocycles. The zero-order valence-electron chi connectivity index (χ0n) is 16.8. The van der Waals surface area contributed by atoms with E-state index in [0.29, 0.717) is 31.1 Å². The van der Waals surface area contributed by atoms with E-state index in [1.807, 2.05) is 38.1 Å². The molecule has 1 aliphatic rings. The maximum absolute atomic E-state index is 13.5. The van der Waals surface area contributed by atoms with Crippen LogP contribution in [0.25, 0.3) is 10.8 Å². The van der Waals surface area contributed by atoms with Crippen LogP contribution in [-0.4, -0.2) is 38.8 Å². The zero-order chi connectivity index (χ0) is 20.6. The third kappa shape index (κ3) is 3.49. The Hall–Kier alpha value is -2.86. The number of amidine groups is 1. The van der Waals surface area contributed by atoms with E-state index in [0.717, 1.165) is 27.5 Å². The van der Waals surface area contributed by atoms with Crippen molar-refractivity contribution in [3.05, 3.63) is 71.3 Å². The van der Waals surface area contributed by atoms with E-state index in [1.54, 1.807) is 12.1 Å². The van der Waals surface area contributed by atoms with Crippen molar-refractivity contribution in [2.24, 2.45) is 4.99 Å². The van der Waals surface area contributed by atoms with Crippen LogP contribution < -0.4 is 4.74 Å². The van der Waals surface area contributed by atoms with E-state index in [1.165, 1.54) is 11.4 Å². The molecule has 29 heavy (non-hydrogen) atoms. The van der Waals surface area contributed by atoms with Crippen molar-refractivity contribution in [2.75, 3.05) is 20.2 Å². The fourth-order valence-electron chi connectivity index (χ4n) is 3.74. The summed E-state index contributed by atoms with van der Waals surface area (Å²) in [4.78, 5) is 4.72. The highest BCUT2D eigenvalue weighted by Gasteiger charge is 2.33. The predicted molar refractivity (Wildman–Crippen MR) is 116 cm³/mol. The van der Waals surface area contributed by atoms with Gasteiger partial charge in [0.1, 0.15) is 16.5 Å². The van der Waals surface area contributed by atoms with Gasteiger partial charge in [0.05, 0.1) is 20.2 Å². The molecular weight excluding hydrogens is 384 g/mol. The molecule has 0 unspecified atom stereocenters. The average molecular weight is 409 g/mol. The molecule has 4 rings (SSSR count). The number of nitrogens with zero attached hydrogens (tertiary/aromatic N) is 2. The summed E-state index contributed by atoms with van der Waals surface area (Å²) in [6.45, 7) is 4.66. The lowest BCUT2D eigenvalue weighted by atomic mass is 10.0. The van der Waals surface area contributed by atoms with Gasteiger partial charge < -0.3 is 4.74 Å². The van der Waals surface area contributed by atoms with E-state index in [2.05, 4.69) is 23.2 Å². The Morgan fingerprint density at radius 2 is 1.76 bits per heavy atom. The number of hydrogen-bond donors (Lipinski definition) is 0. The molecule has 3 aromatic carbocycles. The summed E-state index contributed by atoms with van der Waals surface area (Å²) in [6, 6.07) is 17.7. The monoisotopic (exact) mass is 408 g/mol. The summed E-state index contributed by atoms with van der Waals surface area (Å²) in [5.74, 6) is 0.936. The number of hydrogen-bond acceptors (Lipinski definition) is 4. The van der Waals surface area contributed by atoms with Crippen LogP contribution in [0.1, 0.15) is 16.7 Å². The third-order valence-corrected chi connectivity index (χ3v) is 7.31. The second kappa shape index (κ2) is 7.52. The number of aliphatic imine (C=N–C) groups is 1. The molecule has 0 aliphatic carbocycles. The van der Waals surface area contributed by atoms with Crippen LogP contribution >= 0.6 is 0 Å². The molecular formula is C23H24N2O3S. The summed E-state index contributed by atoms with van der Waals surface area (Å²) >= 11 is 0. The highest BCUT2D eigenvalue weighted by Crippen LogP contribution is 2.31. The Morgan fingerprint density at radius 1 is 1.03 bits per heavy atom. The summed E-state index contributed by atoms with van der Waals surface area (Å²) in [5, 5.41) is 2.25. The third-order valence-electron chi connectivity index (χ3n) is 5.46. The Morgan fingerprint density at radius 3 is 2.55 bits per heavy atom. The topological polar surface area (TPSA) is 59.0 Å². The summed E-state index contributed by atoms with van der Waals surface area (Å²) in [6.07, 6.45) is 0.466. The molecule has 6 heteroatoms. The molecule has 0 atom stereocenters. The van der Waals surface area contributed by atoms with E-state index in [-0.39, 0.29) is 4.90 Å². The lowest BCUT2D eigenvalue weighted by Gasteiger charge is -2.23. The van der Waals surface area contributed by atoms with Crippen LogP contribution in [0.15, 0.2) is 64.5 Å². The lowest BCUT2D eigenvalue weighted by molar-refractivity contribution is 0.400. The fourth-order valence-corrected chi connectivity index (χ4v) is 5.42. The van der Waals surface area contributed by atoms with Crippen molar-refractivity contribution < 1.29 is 13.2 Å². The van der Waals surface area contributed by atoms with Gasteiger partial charge in [-0.05, 0) is 53.4 Å². The number of benzene rings is 3. The second-order valence-corrected chi connectivity index (χ2v) is 9.11. The molecule has 0 N–H and O–H groups in total. The van der Waals surface area contributed by atoms with Crippen molar-refractivity contribution >= 4 is 26.6 Å². The highest BCUT2D eigenvalue weighted by atomic mass is 32.2. The van der Waals surface area contributed by atoms with Crippen molar-refractivity contribution in [3.8, 4) is 5.75 Å². The Balaban J connectivity index is 1.72. The van der Waals surface area contributed by atoms with Crippen LogP contribution in [-0.2, 0) is 16.4 Å². The first-order valence-electron chi connectivity index (χ1n) is 9.60. The van der Waals surface area contributed by atoms with Gasteiger partial charge in [-0.2, -0.15) is 0 Å². The highest BCUT2D eigenvalue weighted by molar-refractivity contribution is 7.89. The van der Waals surface area contributed by atoms with E-state index >= 15 is 0 Å². The van der Waals surface area contributed by atoms with Gasteiger partial charge >= 0.3 is 0 Å². The maximum atomic E-state index is 13.5. The number of methoxy groups -OCH3 is 1. The van der Waals surface area contributed by atoms with Crippen LogP contribution in [0.5, 0.6) is 5.75 Å². The van der Waals surface area contributed by atoms with Crippen molar-refractivity contribution in [2.45, 2.75) is 25.2 Å². The molecule has 0 fully saturated rings. The molecule has 150 valence electrons. The minimum atomic E-state index is -3.77. The van der Waals surface area contributed by atoms with Crippen LogP contribution in [0, 0.1) is 13.8 Å². The first-order valence-corrected chi connectivity index (χ1v) is 11.0. The van der Waals surface area contributed by atoms with Gasteiger partial charge in [0.25, 0.3) is 10.0 Å². The summed E-state index contributed by atoms with van der Waals surface area (Å²) in [5.41, 5.74) is 2.97. The van der Waals surface area contributed by atoms with Crippen molar-refractivity contribution in [1.82, 2.24) is 4.31 Å². The molecule has 5 nitrogen and oxygen atoms in total. The van der Waals surface area contributed by atoms with Gasteiger partial charge in [0.2, 0.25) is 0 Å². The minimum Gasteiger partial charge on any atom is -0.495 e. The quantitative estimate of drug-likeness (QED) is 0.638. The first kappa shape index (κ1) is 19.5. The molecule has 1 heterocycles. The first-order chi connectivity index (χ1) is 13.9. The Kier molecular flexibility index (Phi) is 5.04. The van der Waals surface area contributed by atoms with E-state index in [9.17, 15) is 8.42 Å². The molecule has 0 spiro atoms. The summed E-state index contributed by atoms with van der Waals surface area (Å²) in [7, 11) is -2.27. The Bertz CT molecular complexity index is 1210. The van der Waals surface area contributed by atoms with E-state index in [4.69, 9.17) is 4.74 Å². The Labute approximate surface area is 171 Å². The van der Waals surface area contributed by atoms with Gasteiger partial charge in [-0.1, -0.05) is 42.5 Å². The molecule has 0 saturated heterocycles. The van der Waals surface area contributed by atoms with Gasteiger partial charge in [-0.25, -0.2) is 8.42 Å². The second-order valence-electron chi connectivity index (χ2n) is 7.28. The average Bonchev–Trinajstić information content (AvgIpc) is 3.19. The van der Waals surface area contributed by atoms with Crippen LogP contribution in [0.4, 0.5) is 0 Å². The zero-order valence-corrected chi connectivity index (χ0v) is 17.7. The smallest absolute Gasteiger partial charge is 0.269 e. The number of fused-ring (bicyclic) bond motifs is 1. The molecule has 0 amide bonds. The number of aryl methyl sites for hydroxylation is 2. The molecule has 1 aliphatic heterocycles. The largest absolute Gasteiger partial charge is 0.495 e. The van der Waals surface area contributed by atoms with E-state index < -0.39 is 10.0 Å². The van der Waals surface area contributed by atoms with Gasteiger partial charge in [0.15, 0.2) is 0 Å². The lowest BCUT2D eigenvalue weighted by Crippen LogP contribution is -2.35. The standard InChI is InChI=1S/C23H24N2O3S/c1-16-13-21(28-3)22(14-17(16)2)29(26,27)25-12-11-24-23(25)15-19-9-6-8-18-7-4-5-10-20(18)19/h4-10,13-14H,11-12,15H2,1-3H3. The van der Waals surface area contributed by atoms with Crippen molar-refractivity contribution in [3.63, 3.8) is 0 Å². The van der Waals surface area contributed by atoms with Crippen LogP contribution in [0.3, 0.4) is 0 Å². The van der Waals surface area contributed by atoms with Gasteiger partial charge in [0, 0.05) is 6.42 Å². The van der Waals surface area contributed by atoms with Crippen LogP contribution in [0.2, 0.25) is 0 Å². The summed E-state index contributed by atoms with van der Waals surface area (Å²) < 4.78 is 33.8. The molecule has 0 radical (unpaired) electrons. The molecule has 0 aromatic heterocycles. The fraction of sp³-hybridized carbons (Fsp3) is 0.261. The number of rotatable bonds is 5. The molecule has 3 aromatic rings. The van der Waals surface area contributed by atoms with Crippen molar-refractivity contribution in [1.29, 1.82) is 0 Å². The number of ether oxygens (including phenoxy) is 1. The van der Waals surface area contributed by atoms with Gasteiger partial charge in [-0.15, -0.1) is 0 Å². The van der Waals surface area contributed by atoms with Gasteiger partial charge in [-0.3, -0.25) is 9.30 Å². The SMILES string of the molecule is COc1cc(C)c(C)cc1S(=O)(=O)N1CCN=C1Cc1cccc2ccccc12. The number of sulfonamides is 1. The maximum Gasteiger partial charge on any atom is 0.269 e. The normalized spacial score (nSPS) is 14.3. The minimum absolute atomic E-state index is 0.190.